The zero-order valence-electron chi connectivity index (χ0n) is 22.2. The van der Waals surface area contributed by atoms with Gasteiger partial charge in [0.25, 0.3) is 0 Å². The molecule has 0 radical (unpaired) electrons. The van der Waals surface area contributed by atoms with E-state index in [1.54, 1.807) is 0 Å². The van der Waals surface area contributed by atoms with Gasteiger partial charge >= 0.3 is 11.9 Å². The monoisotopic (exact) mass is 469 g/mol. The van der Waals surface area contributed by atoms with Crippen LogP contribution in [0.25, 0.3) is 0 Å². The van der Waals surface area contributed by atoms with Crippen molar-refractivity contribution in [2.75, 3.05) is 6.54 Å². The normalized spacial score (nSPS) is 13.1. The standard InChI is InChI=1S/C28H55NO4/c1-4-6-8-10-12-14-15-17-19-21-23-29-26(24-27(30)31)28(32)33-25(3)22-20-18-16-13-11-9-7-5-2/h25-26,29H,4-24H2,1-3H3,(H,30,31). The highest BCUT2D eigenvalue weighted by atomic mass is 16.5. The summed E-state index contributed by atoms with van der Waals surface area (Å²) in [5.41, 5.74) is 0. The highest BCUT2D eigenvalue weighted by Gasteiger charge is 2.24. The van der Waals surface area contributed by atoms with Gasteiger partial charge in [0.2, 0.25) is 0 Å². The Morgan fingerprint density at radius 2 is 1.12 bits per heavy atom. The molecule has 2 atom stereocenters. The van der Waals surface area contributed by atoms with Crippen LogP contribution in [-0.2, 0) is 14.3 Å². The number of nitrogens with one attached hydrogen (secondary N) is 1. The molecule has 0 aliphatic carbocycles. The first kappa shape index (κ1) is 31.9. The van der Waals surface area contributed by atoms with Crippen molar-refractivity contribution in [1.82, 2.24) is 5.32 Å². The first-order chi connectivity index (χ1) is 16.0. The lowest BCUT2D eigenvalue weighted by molar-refractivity contribution is -0.154. The first-order valence-electron chi connectivity index (χ1n) is 14.2. The zero-order chi connectivity index (χ0) is 24.6. The van der Waals surface area contributed by atoms with Crippen molar-refractivity contribution >= 4 is 11.9 Å². The Kier molecular flexibility index (Phi) is 23.2. The Morgan fingerprint density at radius 3 is 1.58 bits per heavy atom. The van der Waals surface area contributed by atoms with E-state index < -0.39 is 18.0 Å². The van der Waals surface area contributed by atoms with Crippen LogP contribution in [0.4, 0.5) is 0 Å². The summed E-state index contributed by atoms with van der Waals surface area (Å²) in [6.07, 6.45) is 23.0. The van der Waals surface area contributed by atoms with Gasteiger partial charge in [-0.25, -0.2) is 0 Å². The molecule has 0 fully saturated rings. The molecule has 0 aliphatic rings. The van der Waals surface area contributed by atoms with E-state index in [2.05, 4.69) is 19.2 Å². The molecule has 0 saturated heterocycles. The average molecular weight is 470 g/mol. The Hall–Kier alpha value is -1.10. The quantitative estimate of drug-likeness (QED) is 0.105. The zero-order valence-corrected chi connectivity index (χ0v) is 22.2. The second-order valence-corrected chi connectivity index (χ2v) is 9.80. The molecule has 0 saturated carbocycles. The van der Waals surface area contributed by atoms with Gasteiger partial charge in [-0.1, -0.05) is 117 Å². The number of hydrogen-bond donors (Lipinski definition) is 2. The Bertz CT molecular complexity index is 455. The molecular formula is C28H55NO4. The molecule has 0 bridgehead atoms. The Balaban J connectivity index is 3.90. The lowest BCUT2D eigenvalue weighted by Gasteiger charge is -2.19. The Morgan fingerprint density at radius 1 is 0.697 bits per heavy atom. The fourth-order valence-corrected chi connectivity index (χ4v) is 4.21. The molecule has 2 N–H and O–H groups in total. The average Bonchev–Trinajstić information content (AvgIpc) is 2.78. The number of esters is 1. The molecule has 5 heteroatoms. The molecule has 0 spiro atoms. The predicted octanol–water partition coefficient (Wildman–Crippen LogP) is 7.80. The van der Waals surface area contributed by atoms with E-state index in [0.717, 1.165) is 25.7 Å². The summed E-state index contributed by atoms with van der Waals surface area (Å²) < 4.78 is 5.56. The topological polar surface area (TPSA) is 75.6 Å². The van der Waals surface area contributed by atoms with Gasteiger partial charge in [0.05, 0.1) is 12.5 Å². The minimum absolute atomic E-state index is 0.159. The fourth-order valence-electron chi connectivity index (χ4n) is 4.21. The van der Waals surface area contributed by atoms with E-state index in [-0.39, 0.29) is 12.5 Å². The SMILES string of the molecule is CCCCCCCCCCCCNC(CC(=O)O)C(=O)OC(C)CCCCCCCCCC. The number of rotatable bonds is 25. The summed E-state index contributed by atoms with van der Waals surface area (Å²) in [6.45, 7) is 7.06. The maximum absolute atomic E-state index is 12.5. The highest BCUT2D eigenvalue weighted by molar-refractivity contribution is 5.82. The van der Waals surface area contributed by atoms with E-state index in [1.807, 2.05) is 6.92 Å². The molecule has 0 aromatic carbocycles. The van der Waals surface area contributed by atoms with Crippen LogP contribution in [0.2, 0.25) is 0 Å². The maximum atomic E-state index is 12.5. The minimum Gasteiger partial charge on any atom is -0.481 e. The van der Waals surface area contributed by atoms with Crippen LogP contribution in [0.1, 0.15) is 149 Å². The largest absolute Gasteiger partial charge is 0.481 e. The van der Waals surface area contributed by atoms with Crippen LogP contribution in [0.15, 0.2) is 0 Å². The highest BCUT2D eigenvalue weighted by Crippen LogP contribution is 2.13. The predicted molar refractivity (Wildman–Crippen MR) is 139 cm³/mol. The van der Waals surface area contributed by atoms with Crippen LogP contribution in [0, 0.1) is 0 Å². The van der Waals surface area contributed by atoms with E-state index in [1.165, 1.54) is 96.3 Å². The third-order valence-electron chi connectivity index (χ3n) is 6.37. The third-order valence-corrected chi connectivity index (χ3v) is 6.37. The summed E-state index contributed by atoms with van der Waals surface area (Å²) in [5.74, 6) is -1.39. The summed E-state index contributed by atoms with van der Waals surface area (Å²) in [6, 6.07) is -0.748. The van der Waals surface area contributed by atoms with E-state index in [9.17, 15) is 14.7 Å². The molecule has 0 amide bonds. The molecule has 0 rings (SSSR count). The van der Waals surface area contributed by atoms with Crippen LogP contribution >= 0.6 is 0 Å². The van der Waals surface area contributed by atoms with Gasteiger partial charge in [-0.05, 0) is 32.7 Å². The Labute approximate surface area is 204 Å². The van der Waals surface area contributed by atoms with Crippen LogP contribution in [0.5, 0.6) is 0 Å². The van der Waals surface area contributed by atoms with Crippen molar-refractivity contribution in [1.29, 1.82) is 0 Å². The van der Waals surface area contributed by atoms with Gasteiger partial charge in [0, 0.05) is 0 Å². The molecule has 196 valence electrons. The maximum Gasteiger partial charge on any atom is 0.324 e. The van der Waals surface area contributed by atoms with Gasteiger partial charge < -0.3 is 15.2 Å². The molecule has 5 nitrogen and oxygen atoms in total. The fraction of sp³-hybridized carbons (Fsp3) is 0.929. The molecule has 2 unspecified atom stereocenters. The molecular weight excluding hydrogens is 414 g/mol. The van der Waals surface area contributed by atoms with E-state index in [4.69, 9.17) is 4.74 Å². The molecule has 33 heavy (non-hydrogen) atoms. The summed E-state index contributed by atoms with van der Waals surface area (Å²) in [4.78, 5) is 23.7. The number of carbonyl (C=O) groups excluding carboxylic acids is 1. The number of ether oxygens (including phenoxy) is 1. The van der Waals surface area contributed by atoms with Gasteiger partial charge in [0.1, 0.15) is 6.04 Å². The van der Waals surface area contributed by atoms with Crippen molar-refractivity contribution in [3.05, 3.63) is 0 Å². The second kappa shape index (κ2) is 24.0. The number of carboxylic acids is 1. The lowest BCUT2D eigenvalue weighted by atomic mass is 10.1. The van der Waals surface area contributed by atoms with Crippen molar-refractivity contribution in [2.24, 2.45) is 0 Å². The second-order valence-electron chi connectivity index (χ2n) is 9.80. The third kappa shape index (κ3) is 22.5. The molecule has 0 aromatic heterocycles. The number of aliphatic carboxylic acids is 1. The molecule has 0 aliphatic heterocycles. The van der Waals surface area contributed by atoms with Crippen molar-refractivity contribution < 1.29 is 19.4 Å². The summed E-state index contributed by atoms with van der Waals surface area (Å²) >= 11 is 0. The van der Waals surface area contributed by atoms with Crippen molar-refractivity contribution in [3.8, 4) is 0 Å². The van der Waals surface area contributed by atoms with E-state index in [0.29, 0.717) is 6.54 Å². The first-order valence-corrected chi connectivity index (χ1v) is 14.2. The van der Waals surface area contributed by atoms with Gasteiger partial charge in [-0.2, -0.15) is 0 Å². The van der Waals surface area contributed by atoms with Crippen molar-refractivity contribution in [2.45, 2.75) is 161 Å². The van der Waals surface area contributed by atoms with Gasteiger partial charge in [-0.3, -0.25) is 9.59 Å². The van der Waals surface area contributed by atoms with Crippen molar-refractivity contribution in [3.63, 3.8) is 0 Å². The van der Waals surface area contributed by atoms with E-state index >= 15 is 0 Å². The lowest BCUT2D eigenvalue weighted by Crippen LogP contribution is -2.41. The van der Waals surface area contributed by atoms with Crippen LogP contribution in [0.3, 0.4) is 0 Å². The minimum atomic E-state index is -0.969. The van der Waals surface area contributed by atoms with Gasteiger partial charge in [-0.15, -0.1) is 0 Å². The van der Waals surface area contributed by atoms with Crippen LogP contribution in [-0.4, -0.2) is 35.7 Å². The molecule has 0 heterocycles. The number of carboxylic acid groups (broad SMARTS) is 1. The number of unbranched alkanes of at least 4 members (excludes halogenated alkanes) is 16. The van der Waals surface area contributed by atoms with Gasteiger partial charge in [0.15, 0.2) is 0 Å². The smallest absolute Gasteiger partial charge is 0.324 e. The molecule has 0 aromatic rings. The number of carbonyl (C=O) groups is 2. The van der Waals surface area contributed by atoms with Crippen LogP contribution < -0.4 is 5.32 Å². The number of hydrogen-bond acceptors (Lipinski definition) is 4. The summed E-state index contributed by atoms with van der Waals surface area (Å²) in [7, 11) is 0. The summed E-state index contributed by atoms with van der Waals surface area (Å²) in [5, 5.41) is 12.3.